The molecule has 0 aliphatic carbocycles. The smallest absolute Gasteiger partial charge is 0.337 e. The molecular weight excluding hydrogens is 468 g/mol. The van der Waals surface area contributed by atoms with Crippen molar-refractivity contribution in [3.05, 3.63) is 107 Å². The van der Waals surface area contributed by atoms with Crippen LogP contribution < -0.4 is 14.8 Å². The Balaban J connectivity index is 1.46. The van der Waals surface area contributed by atoms with Gasteiger partial charge in [-0.1, -0.05) is 42.5 Å². The van der Waals surface area contributed by atoms with E-state index in [-0.39, 0.29) is 5.57 Å². The third-order valence-corrected chi connectivity index (χ3v) is 5.64. The van der Waals surface area contributed by atoms with Crippen LogP contribution in [0, 0.1) is 11.3 Å². The fourth-order valence-corrected chi connectivity index (χ4v) is 3.70. The lowest BCUT2D eigenvalue weighted by Gasteiger charge is -2.12. The lowest BCUT2D eigenvalue weighted by Crippen LogP contribution is -2.13. The summed E-state index contributed by atoms with van der Waals surface area (Å²) >= 11 is 0. The Labute approximate surface area is 214 Å². The summed E-state index contributed by atoms with van der Waals surface area (Å²) in [6.45, 7) is 0.358. The molecule has 0 bridgehead atoms. The van der Waals surface area contributed by atoms with Crippen molar-refractivity contribution in [3.63, 3.8) is 0 Å². The number of methoxy groups -OCH3 is 2. The van der Waals surface area contributed by atoms with E-state index in [1.807, 2.05) is 24.3 Å². The highest BCUT2D eigenvalue weighted by atomic mass is 16.5. The van der Waals surface area contributed by atoms with Crippen molar-refractivity contribution in [1.29, 1.82) is 5.26 Å². The van der Waals surface area contributed by atoms with Crippen LogP contribution in [-0.4, -0.2) is 26.1 Å². The van der Waals surface area contributed by atoms with E-state index < -0.39 is 11.9 Å². The molecule has 0 aliphatic heterocycles. The SMILES string of the molecule is COC(=O)c1ccc(NC(=O)/C(C#N)=C/c2ccc(OCc3ccc4ccccc4c3)c(OC)c2)cc1. The zero-order valence-corrected chi connectivity index (χ0v) is 20.4. The number of amides is 1. The molecule has 7 nitrogen and oxygen atoms in total. The summed E-state index contributed by atoms with van der Waals surface area (Å²) in [5.41, 5.74) is 2.32. The van der Waals surface area contributed by atoms with Gasteiger partial charge in [0.15, 0.2) is 11.5 Å². The highest BCUT2D eigenvalue weighted by Crippen LogP contribution is 2.30. The number of ether oxygens (including phenoxy) is 3. The topological polar surface area (TPSA) is 97.7 Å². The molecule has 0 atom stereocenters. The first-order valence-corrected chi connectivity index (χ1v) is 11.4. The summed E-state index contributed by atoms with van der Waals surface area (Å²) in [4.78, 5) is 24.2. The monoisotopic (exact) mass is 492 g/mol. The average Bonchev–Trinajstić information content (AvgIpc) is 2.94. The van der Waals surface area contributed by atoms with Gasteiger partial charge in [0.1, 0.15) is 18.2 Å². The lowest BCUT2D eigenvalue weighted by atomic mass is 10.1. The number of nitrogens with one attached hydrogen (secondary N) is 1. The van der Waals surface area contributed by atoms with E-state index in [2.05, 4.69) is 34.3 Å². The highest BCUT2D eigenvalue weighted by Gasteiger charge is 2.12. The van der Waals surface area contributed by atoms with Crippen LogP contribution in [0.3, 0.4) is 0 Å². The van der Waals surface area contributed by atoms with Crippen molar-refractivity contribution < 1.29 is 23.8 Å². The number of nitrogens with zero attached hydrogens (tertiary/aromatic N) is 1. The standard InChI is InChI=1S/C30H24N2O5/c1-35-28-17-20(8-14-27(28)37-19-21-7-9-22-5-3-4-6-24(22)16-21)15-25(18-31)29(33)32-26-12-10-23(11-13-26)30(34)36-2/h3-17H,19H2,1-2H3,(H,32,33)/b25-15+. The minimum atomic E-state index is -0.580. The molecule has 0 unspecified atom stereocenters. The maximum atomic E-state index is 12.6. The molecule has 0 saturated carbocycles. The molecule has 7 heteroatoms. The number of rotatable bonds is 8. The molecule has 0 aliphatic rings. The number of benzene rings is 4. The van der Waals surface area contributed by atoms with Gasteiger partial charge in [-0.25, -0.2) is 4.79 Å². The molecule has 37 heavy (non-hydrogen) atoms. The molecule has 184 valence electrons. The third kappa shape index (κ3) is 6.13. The van der Waals surface area contributed by atoms with Crippen LogP contribution in [0.25, 0.3) is 16.8 Å². The summed E-state index contributed by atoms with van der Waals surface area (Å²) in [7, 11) is 2.82. The highest BCUT2D eigenvalue weighted by molar-refractivity contribution is 6.09. The summed E-state index contributed by atoms with van der Waals surface area (Å²) < 4.78 is 16.1. The summed E-state index contributed by atoms with van der Waals surface area (Å²) in [6.07, 6.45) is 1.47. The van der Waals surface area contributed by atoms with Gasteiger partial charge < -0.3 is 19.5 Å². The lowest BCUT2D eigenvalue weighted by molar-refractivity contribution is -0.112. The van der Waals surface area contributed by atoms with E-state index in [4.69, 9.17) is 9.47 Å². The number of anilines is 1. The van der Waals surface area contributed by atoms with Crippen LogP contribution in [0.15, 0.2) is 90.5 Å². The second-order valence-electron chi connectivity index (χ2n) is 8.07. The van der Waals surface area contributed by atoms with Gasteiger partial charge in [-0.15, -0.1) is 0 Å². The first-order valence-electron chi connectivity index (χ1n) is 11.4. The molecule has 4 aromatic rings. The van der Waals surface area contributed by atoms with E-state index in [1.54, 1.807) is 30.3 Å². The minimum Gasteiger partial charge on any atom is -0.493 e. The van der Waals surface area contributed by atoms with Crippen LogP contribution in [0.1, 0.15) is 21.5 Å². The van der Waals surface area contributed by atoms with Gasteiger partial charge in [0.05, 0.1) is 19.8 Å². The normalized spacial score (nSPS) is 10.9. The molecule has 0 heterocycles. The van der Waals surface area contributed by atoms with Crippen LogP contribution in [0.4, 0.5) is 5.69 Å². The first-order chi connectivity index (χ1) is 18.0. The van der Waals surface area contributed by atoms with E-state index in [0.717, 1.165) is 16.3 Å². The van der Waals surface area contributed by atoms with Crippen LogP contribution in [0.2, 0.25) is 0 Å². The van der Waals surface area contributed by atoms with Crippen LogP contribution in [0.5, 0.6) is 11.5 Å². The zero-order valence-electron chi connectivity index (χ0n) is 20.4. The van der Waals surface area contributed by atoms with Crippen molar-refractivity contribution >= 4 is 34.4 Å². The Morgan fingerprint density at radius 1 is 0.892 bits per heavy atom. The number of hydrogen-bond donors (Lipinski definition) is 1. The third-order valence-electron chi connectivity index (χ3n) is 5.64. The molecule has 0 aromatic heterocycles. The predicted molar refractivity (Wildman–Crippen MR) is 141 cm³/mol. The van der Waals surface area contributed by atoms with Gasteiger partial charge in [0.25, 0.3) is 5.91 Å². The maximum Gasteiger partial charge on any atom is 0.337 e. The fourth-order valence-electron chi connectivity index (χ4n) is 3.70. The minimum absolute atomic E-state index is 0.0936. The number of carbonyl (C=O) groups excluding carboxylic acids is 2. The summed E-state index contributed by atoms with van der Waals surface area (Å²) in [5.74, 6) is -0.0369. The summed E-state index contributed by atoms with van der Waals surface area (Å²) in [6, 6.07) is 27.6. The number of esters is 1. The predicted octanol–water partition coefficient (Wildman–Crippen LogP) is 5.76. The first kappa shape index (κ1) is 25.0. The van der Waals surface area contributed by atoms with Crippen molar-refractivity contribution in [1.82, 2.24) is 0 Å². The van der Waals surface area contributed by atoms with E-state index in [0.29, 0.717) is 34.9 Å². The van der Waals surface area contributed by atoms with Gasteiger partial charge in [-0.05, 0) is 70.4 Å². The molecule has 0 radical (unpaired) electrons. The molecule has 0 saturated heterocycles. The Bertz CT molecular complexity index is 1520. The quantitative estimate of drug-likeness (QED) is 0.191. The van der Waals surface area contributed by atoms with Crippen molar-refractivity contribution in [2.75, 3.05) is 19.5 Å². The molecule has 1 N–H and O–H groups in total. The van der Waals surface area contributed by atoms with Crippen LogP contribution >= 0.6 is 0 Å². The van der Waals surface area contributed by atoms with Gasteiger partial charge >= 0.3 is 5.97 Å². The van der Waals surface area contributed by atoms with Gasteiger partial charge in [-0.2, -0.15) is 5.26 Å². The fraction of sp³-hybridized carbons (Fsp3) is 0.100. The number of carbonyl (C=O) groups is 2. The second kappa shape index (κ2) is 11.6. The second-order valence-corrected chi connectivity index (χ2v) is 8.07. The van der Waals surface area contributed by atoms with Crippen molar-refractivity contribution in [3.8, 4) is 17.6 Å². The summed E-state index contributed by atoms with van der Waals surface area (Å²) in [5, 5.41) is 14.5. The van der Waals surface area contributed by atoms with Gasteiger partial charge in [0, 0.05) is 5.69 Å². The number of nitriles is 1. The van der Waals surface area contributed by atoms with Gasteiger partial charge in [0.2, 0.25) is 0 Å². The Hall–Kier alpha value is -5.09. The van der Waals surface area contributed by atoms with Gasteiger partial charge in [-0.3, -0.25) is 4.79 Å². The van der Waals surface area contributed by atoms with Crippen molar-refractivity contribution in [2.45, 2.75) is 6.61 Å². The Morgan fingerprint density at radius 3 is 2.35 bits per heavy atom. The van der Waals surface area contributed by atoms with Crippen LogP contribution in [-0.2, 0) is 16.1 Å². The number of hydrogen-bond acceptors (Lipinski definition) is 6. The van der Waals surface area contributed by atoms with E-state index >= 15 is 0 Å². The molecule has 0 spiro atoms. The van der Waals surface area contributed by atoms with E-state index in [1.165, 1.54) is 32.4 Å². The largest absolute Gasteiger partial charge is 0.493 e. The Morgan fingerprint density at radius 2 is 1.65 bits per heavy atom. The van der Waals surface area contributed by atoms with Crippen molar-refractivity contribution in [2.24, 2.45) is 0 Å². The number of fused-ring (bicyclic) bond motifs is 1. The maximum absolute atomic E-state index is 12.6. The molecule has 4 rings (SSSR count). The zero-order chi connectivity index (χ0) is 26.2. The molecule has 1 amide bonds. The Kier molecular flexibility index (Phi) is 7.82. The van der Waals surface area contributed by atoms with E-state index in [9.17, 15) is 14.9 Å². The molecule has 0 fully saturated rings. The molecular formula is C30H24N2O5. The molecule has 4 aromatic carbocycles. The average molecular weight is 493 g/mol.